The molecular formula is C24H22F3N5O3. The molecule has 0 radical (unpaired) electrons. The van der Waals surface area contributed by atoms with Crippen LogP contribution in [0.5, 0.6) is 0 Å². The van der Waals surface area contributed by atoms with Crippen LogP contribution in [0.4, 0.5) is 13.2 Å². The molecule has 182 valence electrons. The van der Waals surface area contributed by atoms with Crippen LogP contribution < -0.4 is 10.9 Å². The maximum atomic E-state index is 13.5. The molecule has 8 nitrogen and oxygen atoms in total. The molecule has 2 unspecified atom stereocenters. The molecule has 1 aliphatic carbocycles. The van der Waals surface area contributed by atoms with E-state index in [1.54, 1.807) is 25.3 Å². The summed E-state index contributed by atoms with van der Waals surface area (Å²) in [7, 11) is 0. The number of alkyl halides is 3. The largest absolute Gasteiger partial charge is 0.417 e. The van der Waals surface area contributed by atoms with Crippen molar-refractivity contribution in [3.05, 3.63) is 64.0 Å². The molecule has 0 aliphatic heterocycles. The molecule has 35 heavy (non-hydrogen) atoms. The number of carbonyl (C=O) groups is 1. The van der Waals surface area contributed by atoms with Gasteiger partial charge in [0.25, 0.3) is 11.5 Å². The first-order valence-corrected chi connectivity index (χ1v) is 11.3. The van der Waals surface area contributed by atoms with E-state index in [0.29, 0.717) is 30.7 Å². The van der Waals surface area contributed by atoms with E-state index in [1.807, 2.05) is 0 Å². The summed E-state index contributed by atoms with van der Waals surface area (Å²) in [6.45, 7) is 1.98. The minimum atomic E-state index is -4.61. The Morgan fingerprint density at radius 2 is 2.09 bits per heavy atom. The van der Waals surface area contributed by atoms with Crippen LogP contribution in [-0.4, -0.2) is 32.1 Å². The van der Waals surface area contributed by atoms with Crippen LogP contribution in [0.1, 0.15) is 53.4 Å². The SMILES string of the molecule is Cc1onc2c1c(=O)n(C1CCCC(CNC(=O)c3cccnc3)C1)c1cc(C(F)(F)F)cnc21. The molecule has 2 atom stereocenters. The van der Waals surface area contributed by atoms with Gasteiger partial charge in [-0.1, -0.05) is 11.6 Å². The van der Waals surface area contributed by atoms with Gasteiger partial charge in [-0.2, -0.15) is 13.2 Å². The second-order valence-electron chi connectivity index (χ2n) is 8.87. The highest BCUT2D eigenvalue weighted by Crippen LogP contribution is 2.36. The van der Waals surface area contributed by atoms with Gasteiger partial charge >= 0.3 is 6.18 Å². The van der Waals surface area contributed by atoms with E-state index < -0.39 is 17.3 Å². The Kier molecular flexibility index (Phi) is 5.78. The second kappa shape index (κ2) is 8.79. The third-order valence-corrected chi connectivity index (χ3v) is 6.57. The molecule has 0 saturated heterocycles. The average molecular weight is 485 g/mol. The number of nitrogens with one attached hydrogen (secondary N) is 1. The normalized spacial score (nSPS) is 18.7. The summed E-state index contributed by atoms with van der Waals surface area (Å²) in [5.41, 5.74) is -0.511. The topological polar surface area (TPSA) is 103 Å². The number of nitrogens with zero attached hydrogens (tertiary/aromatic N) is 4. The number of hydrogen-bond donors (Lipinski definition) is 1. The van der Waals surface area contributed by atoms with E-state index in [9.17, 15) is 22.8 Å². The van der Waals surface area contributed by atoms with Crippen molar-refractivity contribution in [2.75, 3.05) is 6.54 Å². The van der Waals surface area contributed by atoms with Crippen molar-refractivity contribution in [3.63, 3.8) is 0 Å². The average Bonchev–Trinajstić information content (AvgIpc) is 3.24. The highest BCUT2D eigenvalue weighted by molar-refractivity contribution is 6.01. The summed E-state index contributed by atoms with van der Waals surface area (Å²) in [4.78, 5) is 33.9. The van der Waals surface area contributed by atoms with Crippen LogP contribution in [0.3, 0.4) is 0 Å². The molecule has 0 bridgehead atoms. The van der Waals surface area contributed by atoms with Crippen molar-refractivity contribution in [2.45, 2.75) is 44.8 Å². The van der Waals surface area contributed by atoms with Gasteiger partial charge in [0.2, 0.25) is 0 Å². The van der Waals surface area contributed by atoms with Gasteiger partial charge in [0.15, 0.2) is 0 Å². The Morgan fingerprint density at radius 1 is 1.26 bits per heavy atom. The summed E-state index contributed by atoms with van der Waals surface area (Å²) >= 11 is 0. The highest BCUT2D eigenvalue weighted by atomic mass is 19.4. The van der Waals surface area contributed by atoms with Crippen molar-refractivity contribution in [2.24, 2.45) is 5.92 Å². The fourth-order valence-electron chi connectivity index (χ4n) is 4.87. The van der Waals surface area contributed by atoms with Crippen LogP contribution in [0, 0.1) is 12.8 Å². The molecule has 4 aromatic rings. The number of aromatic nitrogens is 4. The smallest absolute Gasteiger partial charge is 0.360 e. The maximum Gasteiger partial charge on any atom is 0.417 e. The Hall–Kier alpha value is -3.76. The van der Waals surface area contributed by atoms with Crippen molar-refractivity contribution < 1.29 is 22.5 Å². The molecule has 1 aliphatic rings. The Morgan fingerprint density at radius 3 is 2.83 bits per heavy atom. The number of hydrogen-bond acceptors (Lipinski definition) is 6. The van der Waals surface area contributed by atoms with Crippen LogP contribution >= 0.6 is 0 Å². The Balaban J connectivity index is 1.51. The van der Waals surface area contributed by atoms with Crippen LogP contribution in [0.2, 0.25) is 0 Å². The first kappa shape index (κ1) is 23.0. The number of aryl methyl sites for hydroxylation is 1. The van der Waals surface area contributed by atoms with E-state index in [2.05, 4.69) is 20.4 Å². The molecule has 4 heterocycles. The standard InChI is InChI=1S/C24H22F3N5O3/c1-13-19-21(31-35-13)20-18(9-16(12-29-20)24(25,26)27)32(23(19)34)17-6-2-4-14(8-17)10-30-22(33)15-5-3-7-28-11-15/h3,5,7,9,11-12,14,17H,2,4,6,8,10H2,1H3,(H,30,33). The fraction of sp³-hybridized carbons (Fsp3) is 0.375. The van der Waals surface area contributed by atoms with Crippen LogP contribution in [0.25, 0.3) is 21.9 Å². The highest BCUT2D eigenvalue weighted by Gasteiger charge is 2.33. The van der Waals surface area contributed by atoms with E-state index >= 15 is 0 Å². The Bertz CT molecular complexity index is 1460. The van der Waals surface area contributed by atoms with Gasteiger partial charge in [0.05, 0.1) is 16.6 Å². The lowest BCUT2D eigenvalue weighted by atomic mass is 9.85. The van der Waals surface area contributed by atoms with Crippen molar-refractivity contribution in [3.8, 4) is 0 Å². The summed E-state index contributed by atoms with van der Waals surface area (Å²) in [5, 5.41) is 7.02. The molecule has 1 N–H and O–H groups in total. The minimum Gasteiger partial charge on any atom is -0.360 e. The molecule has 11 heteroatoms. The van der Waals surface area contributed by atoms with Crippen LogP contribution in [-0.2, 0) is 6.18 Å². The molecule has 1 fully saturated rings. The summed E-state index contributed by atoms with van der Waals surface area (Å²) in [6, 6.07) is 3.94. The van der Waals surface area contributed by atoms with Crippen molar-refractivity contribution >= 4 is 27.8 Å². The molecule has 5 rings (SSSR count). The third kappa shape index (κ3) is 4.26. The summed E-state index contributed by atoms with van der Waals surface area (Å²) in [6.07, 6.45) is 1.93. The summed E-state index contributed by atoms with van der Waals surface area (Å²) < 4.78 is 47.1. The predicted molar refractivity (Wildman–Crippen MR) is 121 cm³/mol. The predicted octanol–water partition coefficient (Wildman–Crippen LogP) is 4.42. The van der Waals surface area contributed by atoms with Gasteiger partial charge in [-0.3, -0.25) is 19.6 Å². The number of carbonyl (C=O) groups excluding carboxylic acids is 1. The summed E-state index contributed by atoms with van der Waals surface area (Å²) in [5.74, 6) is 0.0937. The molecular weight excluding hydrogens is 463 g/mol. The van der Waals surface area contributed by atoms with E-state index in [1.165, 1.54) is 10.8 Å². The van der Waals surface area contributed by atoms with Gasteiger partial charge in [0, 0.05) is 31.2 Å². The lowest BCUT2D eigenvalue weighted by Crippen LogP contribution is -2.35. The molecule has 1 saturated carbocycles. The van der Waals surface area contributed by atoms with Gasteiger partial charge in [-0.05, 0) is 50.3 Å². The minimum absolute atomic E-state index is 0.0503. The fourth-order valence-corrected chi connectivity index (χ4v) is 4.87. The van der Waals surface area contributed by atoms with Gasteiger partial charge < -0.3 is 14.4 Å². The number of rotatable bonds is 4. The van der Waals surface area contributed by atoms with E-state index in [4.69, 9.17) is 4.52 Å². The molecule has 4 aromatic heterocycles. The van der Waals surface area contributed by atoms with Crippen molar-refractivity contribution in [1.82, 2.24) is 25.0 Å². The van der Waals surface area contributed by atoms with E-state index in [0.717, 1.165) is 25.1 Å². The van der Waals surface area contributed by atoms with Gasteiger partial charge in [0.1, 0.15) is 22.2 Å². The van der Waals surface area contributed by atoms with Gasteiger partial charge in [-0.25, -0.2) is 0 Å². The number of halogens is 3. The third-order valence-electron chi connectivity index (χ3n) is 6.57. The number of fused-ring (bicyclic) bond motifs is 3. The number of pyridine rings is 3. The molecule has 0 spiro atoms. The monoisotopic (exact) mass is 485 g/mol. The lowest BCUT2D eigenvalue weighted by molar-refractivity contribution is -0.137. The first-order valence-electron chi connectivity index (χ1n) is 11.3. The quantitative estimate of drug-likeness (QED) is 0.459. The zero-order valence-corrected chi connectivity index (χ0v) is 18.8. The molecule has 1 amide bonds. The second-order valence-corrected chi connectivity index (χ2v) is 8.87. The van der Waals surface area contributed by atoms with E-state index in [-0.39, 0.29) is 39.8 Å². The Labute approximate surface area is 197 Å². The lowest BCUT2D eigenvalue weighted by Gasteiger charge is -2.31. The van der Waals surface area contributed by atoms with Crippen LogP contribution in [0.15, 0.2) is 46.1 Å². The maximum absolute atomic E-state index is 13.5. The number of amides is 1. The molecule has 0 aromatic carbocycles. The first-order chi connectivity index (χ1) is 16.7. The van der Waals surface area contributed by atoms with Gasteiger partial charge in [-0.15, -0.1) is 0 Å². The zero-order valence-electron chi connectivity index (χ0n) is 18.8. The van der Waals surface area contributed by atoms with Crippen molar-refractivity contribution in [1.29, 1.82) is 0 Å². The zero-order chi connectivity index (χ0) is 24.7.